The van der Waals surface area contributed by atoms with Gasteiger partial charge in [0.2, 0.25) is 17.8 Å². The van der Waals surface area contributed by atoms with Crippen LogP contribution in [0.15, 0.2) is 40.1 Å². The minimum atomic E-state index is 0.339. The summed E-state index contributed by atoms with van der Waals surface area (Å²) in [6.07, 6.45) is 0. The van der Waals surface area contributed by atoms with Crippen LogP contribution in [0, 0.1) is 6.92 Å². The topological polar surface area (TPSA) is 117 Å². The Kier molecular flexibility index (Phi) is 6.67. The van der Waals surface area contributed by atoms with Crippen LogP contribution in [0.2, 0.25) is 0 Å². The molecule has 0 aliphatic rings. The summed E-state index contributed by atoms with van der Waals surface area (Å²) in [4.78, 5) is 15.5. The van der Waals surface area contributed by atoms with Crippen molar-refractivity contribution in [1.82, 2.24) is 25.3 Å². The molecule has 3 aromatic rings. The SMILES string of the molecule is CCN(CC)c1nc(NCc2ccccc2)nc(NN=C(C)c2nonc2C)n1. The van der Waals surface area contributed by atoms with Crippen molar-refractivity contribution in [3.05, 3.63) is 47.3 Å². The van der Waals surface area contributed by atoms with Crippen molar-refractivity contribution in [3.8, 4) is 0 Å². The van der Waals surface area contributed by atoms with Crippen molar-refractivity contribution >= 4 is 23.6 Å². The van der Waals surface area contributed by atoms with Crippen LogP contribution in [0.4, 0.5) is 17.8 Å². The number of aromatic nitrogens is 5. The zero-order valence-corrected chi connectivity index (χ0v) is 17.0. The van der Waals surface area contributed by atoms with Gasteiger partial charge in [-0.15, -0.1) is 0 Å². The highest BCUT2D eigenvalue weighted by Gasteiger charge is 2.12. The van der Waals surface area contributed by atoms with Gasteiger partial charge in [-0.2, -0.15) is 20.1 Å². The van der Waals surface area contributed by atoms with E-state index in [9.17, 15) is 0 Å². The van der Waals surface area contributed by atoms with Crippen molar-refractivity contribution < 1.29 is 4.63 Å². The molecule has 0 radical (unpaired) electrons. The molecule has 3 rings (SSSR count). The third kappa shape index (κ3) is 5.24. The third-order valence-electron chi connectivity index (χ3n) is 4.28. The Morgan fingerprint density at radius 2 is 1.76 bits per heavy atom. The van der Waals surface area contributed by atoms with Gasteiger partial charge in [-0.05, 0) is 38.4 Å². The predicted octanol–water partition coefficient (Wildman–Crippen LogP) is 2.86. The van der Waals surface area contributed by atoms with E-state index in [2.05, 4.69) is 55.0 Å². The van der Waals surface area contributed by atoms with Crippen molar-refractivity contribution in [3.63, 3.8) is 0 Å². The number of benzene rings is 1. The average molecular weight is 395 g/mol. The molecule has 2 heterocycles. The lowest BCUT2D eigenvalue weighted by Gasteiger charge is -2.19. The fourth-order valence-corrected chi connectivity index (χ4v) is 2.67. The Hall–Kier alpha value is -3.56. The van der Waals surface area contributed by atoms with E-state index in [1.807, 2.05) is 35.2 Å². The van der Waals surface area contributed by atoms with Crippen LogP contribution in [0.1, 0.15) is 37.7 Å². The van der Waals surface area contributed by atoms with Crippen LogP contribution in [0.3, 0.4) is 0 Å². The molecule has 152 valence electrons. The van der Waals surface area contributed by atoms with E-state index in [0.717, 1.165) is 18.7 Å². The largest absolute Gasteiger partial charge is 0.350 e. The average Bonchev–Trinajstić information content (AvgIpc) is 3.18. The lowest BCUT2D eigenvalue weighted by Crippen LogP contribution is -2.25. The van der Waals surface area contributed by atoms with Crippen LogP contribution >= 0.6 is 0 Å². The Balaban J connectivity index is 1.82. The molecule has 0 amide bonds. The van der Waals surface area contributed by atoms with E-state index in [1.54, 1.807) is 13.8 Å². The Morgan fingerprint density at radius 1 is 1.03 bits per heavy atom. The van der Waals surface area contributed by atoms with E-state index in [4.69, 9.17) is 4.63 Å². The molecule has 0 saturated heterocycles. The van der Waals surface area contributed by atoms with Crippen LogP contribution < -0.4 is 15.6 Å². The van der Waals surface area contributed by atoms with Gasteiger partial charge in [0.05, 0.1) is 5.71 Å². The second-order valence-electron chi connectivity index (χ2n) is 6.30. The maximum absolute atomic E-state index is 4.72. The molecule has 2 aromatic heterocycles. The van der Waals surface area contributed by atoms with E-state index >= 15 is 0 Å². The summed E-state index contributed by atoms with van der Waals surface area (Å²) in [6, 6.07) is 10.1. The summed E-state index contributed by atoms with van der Waals surface area (Å²) < 4.78 is 4.72. The van der Waals surface area contributed by atoms with Crippen LogP contribution in [-0.2, 0) is 6.54 Å². The standard InChI is InChI=1S/C19H25N9O/c1-5-28(6-2)19-22-17(20-12-15-10-8-7-9-11-15)21-18(23-19)25-24-13(3)16-14(4)26-29-27-16/h7-11H,5-6,12H2,1-4H3,(H2,20,21,22,23,25). The molecule has 29 heavy (non-hydrogen) atoms. The molecular formula is C19H25N9O. The second kappa shape index (κ2) is 9.58. The quantitative estimate of drug-likeness (QED) is 0.416. The first-order chi connectivity index (χ1) is 14.1. The molecule has 0 saturated carbocycles. The molecule has 0 spiro atoms. The molecular weight excluding hydrogens is 370 g/mol. The van der Waals surface area contributed by atoms with Gasteiger partial charge in [0.1, 0.15) is 5.69 Å². The van der Waals surface area contributed by atoms with Gasteiger partial charge in [-0.1, -0.05) is 35.5 Å². The molecule has 0 bridgehead atoms. The van der Waals surface area contributed by atoms with Gasteiger partial charge in [0.15, 0.2) is 5.69 Å². The summed E-state index contributed by atoms with van der Waals surface area (Å²) in [5.41, 5.74) is 5.89. The van der Waals surface area contributed by atoms with E-state index in [-0.39, 0.29) is 0 Å². The minimum Gasteiger partial charge on any atom is -0.350 e. The molecule has 0 atom stereocenters. The third-order valence-corrected chi connectivity index (χ3v) is 4.28. The monoisotopic (exact) mass is 395 g/mol. The number of hydrogen-bond donors (Lipinski definition) is 2. The maximum atomic E-state index is 4.72. The van der Waals surface area contributed by atoms with Crippen LogP contribution in [0.5, 0.6) is 0 Å². The van der Waals surface area contributed by atoms with Crippen LogP contribution in [-0.4, -0.2) is 44.1 Å². The lowest BCUT2D eigenvalue weighted by atomic mass is 10.2. The number of nitrogens with one attached hydrogen (secondary N) is 2. The number of anilines is 3. The van der Waals surface area contributed by atoms with Gasteiger partial charge < -0.3 is 10.2 Å². The molecule has 0 aliphatic carbocycles. The molecule has 0 fully saturated rings. The summed E-state index contributed by atoms with van der Waals surface area (Å²) in [5, 5.41) is 15.2. The Morgan fingerprint density at radius 3 is 2.41 bits per heavy atom. The van der Waals surface area contributed by atoms with Gasteiger partial charge in [0, 0.05) is 19.6 Å². The zero-order valence-electron chi connectivity index (χ0n) is 17.0. The molecule has 1 aromatic carbocycles. The zero-order chi connectivity index (χ0) is 20.6. The number of hydrazone groups is 1. The molecule has 10 nitrogen and oxygen atoms in total. The highest BCUT2D eigenvalue weighted by molar-refractivity contribution is 5.97. The predicted molar refractivity (Wildman–Crippen MR) is 112 cm³/mol. The summed E-state index contributed by atoms with van der Waals surface area (Å²) in [5.74, 6) is 1.39. The van der Waals surface area contributed by atoms with Gasteiger partial charge in [-0.3, -0.25) is 0 Å². The number of nitrogens with zero attached hydrogens (tertiary/aromatic N) is 7. The molecule has 10 heteroatoms. The summed E-state index contributed by atoms with van der Waals surface area (Å²) >= 11 is 0. The molecule has 0 aliphatic heterocycles. The second-order valence-corrected chi connectivity index (χ2v) is 6.30. The lowest BCUT2D eigenvalue weighted by molar-refractivity contribution is 0.304. The highest BCUT2D eigenvalue weighted by Crippen LogP contribution is 2.15. The first-order valence-corrected chi connectivity index (χ1v) is 9.49. The summed E-state index contributed by atoms with van der Waals surface area (Å²) in [7, 11) is 0. The van der Waals surface area contributed by atoms with Crippen molar-refractivity contribution in [2.45, 2.75) is 34.2 Å². The fourth-order valence-electron chi connectivity index (χ4n) is 2.67. The number of aryl methyl sites for hydroxylation is 1. The number of rotatable bonds is 9. The first-order valence-electron chi connectivity index (χ1n) is 9.49. The minimum absolute atomic E-state index is 0.339. The van der Waals surface area contributed by atoms with Gasteiger partial charge in [-0.25, -0.2) is 10.1 Å². The van der Waals surface area contributed by atoms with E-state index < -0.39 is 0 Å². The Bertz CT molecular complexity index is 951. The highest BCUT2D eigenvalue weighted by atomic mass is 16.6. The molecule has 2 N–H and O–H groups in total. The summed E-state index contributed by atoms with van der Waals surface area (Å²) in [6.45, 7) is 9.89. The smallest absolute Gasteiger partial charge is 0.250 e. The number of hydrogen-bond acceptors (Lipinski definition) is 10. The molecule has 0 unspecified atom stereocenters. The van der Waals surface area contributed by atoms with Gasteiger partial charge in [0.25, 0.3) is 0 Å². The maximum Gasteiger partial charge on any atom is 0.250 e. The van der Waals surface area contributed by atoms with E-state index in [1.165, 1.54) is 0 Å². The van der Waals surface area contributed by atoms with Crippen molar-refractivity contribution in [2.75, 3.05) is 28.7 Å². The van der Waals surface area contributed by atoms with Crippen molar-refractivity contribution in [2.24, 2.45) is 5.10 Å². The van der Waals surface area contributed by atoms with Crippen LogP contribution in [0.25, 0.3) is 0 Å². The van der Waals surface area contributed by atoms with E-state index in [0.29, 0.717) is 41.5 Å². The first kappa shape index (κ1) is 20.2. The van der Waals surface area contributed by atoms with Crippen molar-refractivity contribution in [1.29, 1.82) is 0 Å². The fraction of sp³-hybridized carbons (Fsp3) is 0.368. The Labute approximate surface area is 169 Å². The van der Waals surface area contributed by atoms with Gasteiger partial charge >= 0.3 is 0 Å². The normalized spacial score (nSPS) is 11.4.